The first-order valence-corrected chi connectivity index (χ1v) is 7.67. The summed E-state index contributed by atoms with van der Waals surface area (Å²) >= 11 is 3.34. The first-order chi connectivity index (χ1) is 10.1. The summed E-state index contributed by atoms with van der Waals surface area (Å²) in [5.74, 6) is 0.371. The van der Waals surface area contributed by atoms with Gasteiger partial charge in [-0.3, -0.25) is 4.79 Å². The third kappa shape index (κ3) is 4.56. The molecule has 2 aromatic rings. The van der Waals surface area contributed by atoms with Crippen molar-refractivity contribution in [1.29, 1.82) is 0 Å². The summed E-state index contributed by atoms with van der Waals surface area (Å²) in [6, 6.07) is 11.3. The summed E-state index contributed by atoms with van der Waals surface area (Å²) in [5, 5.41) is 6.11. The number of pyridine rings is 1. The molecular formula is C16H18BrN3O. The van der Waals surface area contributed by atoms with E-state index in [-0.39, 0.29) is 5.91 Å². The van der Waals surface area contributed by atoms with Crippen LogP contribution in [0, 0.1) is 0 Å². The molecule has 1 aromatic carbocycles. The van der Waals surface area contributed by atoms with Gasteiger partial charge in [0.1, 0.15) is 5.82 Å². The van der Waals surface area contributed by atoms with Gasteiger partial charge in [-0.15, -0.1) is 0 Å². The van der Waals surface area contributed by atoms with E-state index in [1.54, 1.807) is 24.4 Å². The number of rotatable bonds is 5. The third-order valence-corrected chi connectivity index (χ3v) is 3.67. The Kier molecular flexibility index (Phi) is 5.33. The Hall–Kier alpha value is -1.88. The predicted molar refractivity (Wildman–Crippen MR) is 89.7 cm³/mol. The summed E-state index contributed by atoms with van der Waals surface area (Å²) < 4.78 is 0.942. The quantitative estimate of drug-likeness (QED) is 0.847. The van der Waals surface area contributed by atoms with Crippen molar-refractivity contribution in [3.63, 3.8) is 0 Å². The van der Waals surface area contributed by atoms with Crippen LogP contribution >= 0.6 is 15.9 Å². The Labute approximate surface area is 133 Å². The molecule has 0 saturated carbocycles. The normalized spacial score (nSPS) is 11.8. The topological polar surface area (TPSA) is 54.0 Å². The van der Waals surface area contributed by atoms with Gasteiger partial charge in [0.05, 0.1) is 11.9 Å². The summed E-state index contributed by atoms with van der Waals surface area (Å²) in [5.41, 5.74) is 1.55. The summed E-state index contributed by atoms with van der Waals surface area (Å²) in [4.78, 5) is 16.3. The minimum atomic E-state index is -0.169. The number of hydrogen-bond acceptors (Lipinski definition) is 3. The van der Waals surface area contributed by atoms with E-state index >= 15 is 0 Å². The van der Waals surface area contributed by atoms with Crippen molar-refractivity contribution in [1.82, 2.24) is 4.98 Å². The highest BCUT2D eigenvalue weighted by atomic mass is 79.9. The van der Waals surface area contributed by atoms with E-state index in [9.17, 15) is 4.79 Å². The molecule has 21 heavy (non-hydrogen) atoms. The largest absolute Gasteiger partial charge is 0.381 e. The molecular weight excluding hydrogens is 330 g/mol. The number of hydrogen-bond donors (Lipinski definition) is 2. The molecule has 0 aliphatic heterocycles. The van der Waals surface area contributed by atoms with Crippen molar-refractivity contribution in [3.05, 3.63) is 52.6 Å². The van der Waals surface area contributed by atoms with Crippen LogP contribution < -0.4 is 10.6 Å². The first kappa shape index (κ1) is 15.5. The van der Waals surface area contributed by atoms with Crippen LogP contribution in [0.4, 0.5) is 11.5 Å². The molecule has 1 amide bonds. The number of carbonyl (C=O) groups is 1. The number of nitrogens with zero attached hydrogens (tertiary/aromatic N) is 1. The lowest BCUT2D eigenvalue weighted by Gasteiger charge is -2.13. The molecule has 5 heteroatoms. The van der Waals surface area contributed by atoms with E-state index < -0.39 is 0 Å². The smallest absolute Gasteiger partial charge is 0.256 e. The fraction of sp³-hybridized carbons (Fsp3) is 0.250. The molecule has 1 aromatic heterocycles. The zero-order chi connectivity index (χ0) is 15.2. The number of benzene rings is 1. The molecule has 2 rings (SSSR count). The number of anilines is 2. The second-order valence-electron chi connectivity index (χ2n) is 4.85. The summed E-state index contributed by atoms with van der Waals surface area (Å²) in [6.07, 6.45) is 2.77. The zero-order valence-electron chi connectivity index (χ0n) is 12.1. The van der Waals surface area contributed by atoms with E-state index in [4.69, 9.17) is 0 Å². The molecule has 0 spiro atoms. The van der Waals surface area contributed by atoms with Crippen molar-refractivity contribution in [2.45, 2.75) is 26.3 Å². The minimum Gasteiger partial charge on any atom is -0.381 e. The Bertz CT molecular complexity index is 596. The van der Waals surface area contributed by atoms with Gasteiger partial charge < -0.3 is 10.6 Å². The van der Waals surface area contributed by atoms with E-state index in [1.165, 1.54) is 0 Å². The Balaban J connectivity index is 1.99. The van der Waals surface area contributed by atoms with Gasteiger partial charge in [-0.05, 0) is 49.7 Å². The zero-order valence-corrected chi connectivity index (χ0v) is 13.6. The molecule has 0 bridgehead atoms. The Morgan fingerprint density at radius 1 is 1.24 bits per heavy atom. The minimum absolute atomic E-state index is 0.169. The molecule has 1 atom stereocenters. The van der Waals surface area contributed by atoms with Crippen molar-refractivity contribution in [3.8, 4) is 0 Å². The standard InChI is InChI=1S/C16H18BrN3O/c1-3-11(2)19-14-8-9-15(18-10-14)20-16(21)12-4-6-13(17)7-5-12/h4-11,19H,3H2,1-2H3,(H,18,20,21). The van der Waals surface area contributed by atoms with Crippen LogP contribution in [0.15, 0.2) is 47.1 Å². The molecule has 0 aliphatic carbocycles. The number of nitrogens with one attached hydrogen (secondary N) is 2. The summed E-state index contributed by atoms with van der Waals surface area (Å²) in [7, 11) is 0. The van der Waals surface area contributed by atoms with Gasteiger partial charge in [0.15, 0.2) is 0 Å². The molecule has 4 nitrogen and oxygen atoms in total. The molecule has 0 radical (unpaired) electrons. The van der Waals surface area contributed by atoms with E-state index in [0.717, 1.165) is 16.6 Å². The second-order valence-corrected chi connectivity index (χ2v) is 5.76. The SMILES string of the molecule is CCC(C)Nc1ccc(NC(=O)c2ccc(Br)cc2)nc1. The molecule has 0 aliphatic rings. The fourth-order valence-corrected chi connectivity index (χ4v) is 1.99. The summed E-state index contributed by atoms with van der Waals surface area (Å²) in [6.45, 7) is 4.24. The Morgan fingerprint density at radius 2 is 1.95 bits per heavy atom. The van der Waals surface area contributed by atoms with Gasteiger partial charge in [-0.1, -0.05) is 22.9 Å². The number of aromatic nitrogens is 1. The van der Waals surface area contributed by atoms with Crippen molar-refractivity contribution in [2.75, 3.05) is 10.6 Å². The molecule has 2 N–H and O–H groups in total. The van der Waals surface area contributed by atoms with Crippen LogP contribution in [0.5, 0.6) is 0 Å². The van der Waals surface area contributed by atoms with Gasteiger partial charge in [-0.2, -0.15) is 0 Å². The maximum Gasteiger partial charge on any atom is 0.256 e. The lowest BCUT2D eigenvalue weighted by atomic mass is 10.2. The van der Waals surface area contributed by atoms with Crippen LogP contribution in [0.1, 0.15) is 30.6 Å². The van der Waals surface area contributed by atoms with Crippen molar-refractivity contribution < 1.29 is 4.79 Å². The lowest BCUT2D eigenvalue weighted by Crippen LogP contribution is -2.15. The monoisotopic (exact) mass is 347 g/mol. The highest BCUT2D eigenvalue weighted by molar-refractivity contribution is 9.10. The van der Waals surface area contributed by atoms with Gasteiger partial charge in [-0.25, -0.2) is 4.98 Å². The van der Waals surface area contributed by atoms with E-state index in [0.29, 0.717) is 17.4 Å². The van der Waals surface area contributed by atoms with Gasteiger partial charge in [0.2, 0.25) is 0 Å². The third-order valence-electron chi connectivity index (χ3n) is 3.14. The van der Waals surface area contributed by atoms with E-state index in [1.807, 2.05) is 18.2 Å². The molecule has 1 heterocycles. The van der Waals surface area contributed by atoms with Gasteiger partial charge >= 0.3 is 0 Å². The maximum atomic E-state index is 12.1. The van der Waals surface area contributed by atoms with Crippen LogP contribution in [0.25, 0.3) is 0 Å². The molecule has 1 unspecified atom stereocenters. The van der Waals surface area contributed by atoms with Crippen LogP contribution in [-0.2, 0) is 0 Å². The van der Waals surface area contributed by atoms with E-state index in [2.05, 4.69) is 45.4 Å². The average molecular weight is 348 g/mol. The van der Waals surface area contributed by atoms with Crippen LogP contribution in [-0.4, -0.2) is 16.9 Å². The molecule has 110 valence electrons. The highest BCUT2D eigenvalue weighted by Gasteiger charge is 2.07. The van der Waals surface area contributed by atoms with Gasteiger partial charge in [0, 0.05) is 16.1 Å². The predicted octanol–water partition coefficient (Wildman–Crippen LogP) is 4.31. The fourth-order valence-electron chi connectivity index (χ4n) is 1.73. The van der Waals surface area contributed by atoms with Gasteiger partial charge in [0.25, 0.3) is 5.91 Å². The Morgan fingerprint density at radius 3 is 2.52 bits per heavy atom. The average Bonchev–Trinajstić information content (AvgIpc) is 2.49. The molecule has 0 fully saturated rings. The number of amides is 1. The van der Waals surface area contributed by atoms with Crippen molar-refractivity contribution in [2.24, 2.45) is 0 Å². The van der Waals surface area contributed by atoms with Crippen molar-refractivity contribution >= 4 is 33.3 Å². The van der Waals surface area contributed by atoms with Crippen LogP contribution in [0.3, 0.4) is 0 Å². The molecule has 0 saturated heterocycles. The highest BCUT2D eigenvalue weighted by Crippen LogP contribution is 2.14. The second kappa shape index (κ2) is 7.22. The lowest BCUT2D eigenvalue weighted by molar-refractivity contribution is 0.102. The number of carbonyl (C=O) groups excluding carboxylic acids is 1. The first-order valence-electron chi connectivity index (χ1n) is 6.88. The number of halogens is 1. The maximum absolute atomic E-state index is 12.1. The van der Waals surface area contributed by atoms with Crippen LogP contribution in [0.2, 0.25) is 0 Å².